The van der Waals surface area contributed by atoms with Crippen LogP contribution in [-0.2, 0) is 9.47 Å². The van der Waals surface area contributed by atoms with Gasteiger partial charge in [0.15, 0.2) is 11.5 Å². The van der Waals surface area contributed by atoms with E-state index in [9.17, 15) is 19.8 Å². The molecule has 0 unspecified atom stereocenters. The van der Waals surface area contributed by atoms with E-state index in [1.165, 1.54) is 36.9 Å². The molecular formula is C25H28O8S2. The second kappa shape index (κ2) is 11.0. The number of ether oxygens (including phenoxy) is 4. The highest BCUT2D eigenvalue weighted by atomic mass is 32.1. The number of aryl methyl sites for hydroxylation is 2. The molecule has 0 saturated carbocycles. The summed E-state index contributed by atoms with van der Waals surface area (Å²) in [6.07, 6.45) is 0. The van der Waals surface area contributed by atoms with Crippen molar-refractivity contribution in [3.05, 3.63) is 54.4 Å². The maximum atomic E-state index is 12.6. The first-order chi connectivity index (χ1) is 16.7. The predicted octanol–water partition coefficient (Wildman–Crippen LogP) is 5.39. The largest absolute Gasteiger partial charge is 0.506 e. The Morgan fingerprint density at radius 1 is 0.857 bits per heavy atom. The summed E-state index contributed by atoms with van der Waals surface area (Å²) in [7, 11) is 3.00. The first kappa shape index (κ1) is 26.4. The number of carbonyl (C=O) groups is 2. The lowest BCUT2D eigenvalue weighted by Gasteiger charge is -2.20. The maximum Gasteiger partial charge on any atom is 0.343 e. The lowest BCUT2D eigenvalue weighted by molar-refractivity contribution is 0.0513. The number of para-hydroxylation sites is 1. The third-order valence-corrected chi connectivity index (χ3v) is 7.72. The lowest BCUT2D eigenvalue weighted by Crippen LogP contribution is -2.07. The Balaban J connectivity index is 2.35. The van der Waals surface area contributed by atoms with Crippen LogP contribution in [0.4, 0.5) is 0 Å². The minimum atomic E-state index is -0.779. The molecule has 0 spiro atoms. The third kappa shape index (κ3) is 4.81. The van der Waals surface area contributed by atoms with Crippen molar-refractivity contribution in [3.63, 3.8) is 0 Å². The van der Waals surface area contributed by atoms with Gasteiger partial charge in [0.25, 0.3) is 0 Å². The molecule has 0 radical (unpaired) electrons. The van der Waals surface area contributed by atoms with Crippen LogP contribution in [0.15, 0.2) is 18.2 Å². The van der Waals surface area contributed by atoms with Crippen LogP contribution in [0.25, 0.3) is 0 Å². The quantitative estimate of drug-likeness (QED) is 0.361. The molecule has 0 amide bonds. The van der Waals surface area contributed by atoms with Crippen molar-refractivity contribution in [1.82, 2.24) is 0 Å². The van der Waals surface area contributed by atoms with Crippen molar-refractivity contribution < 1.29 is 38.7 Å². The zero-order chi connectivity index (χ0) is 25.9. The maximum absolute atomic E-state index is 12.6. The second-order valence-electron chi connectivity index (χ2n) is 7.45. The van der Waals surface area contributed by atoms with Crippen molar-refractivity contribution in [3.8, 4) is 23.0 Å². The Kier molecular flexibility index (Phi) is 8.29. The molecule has 35 heavy (non-hydrogen) atoms. The van der Waals surface area contributed by atoms with Gasteiger partial charge in [-0.2, -0.15) is 0 Å². The van der Waals surface area contributed by atoms with Gasteiger partial charge in [0, 0.05) is 15.3 Å². The summed E-state index contributed by atoms with van der Waals surface area (Å²) in [5, 5.41) is 22.4. The van der Waals surface area contributed by atoms with Gasteiger partial charge < -0.3 is 29.2 Å². The van der Waals surface area contributed by atoms with Gasteiger partial charge in [-0.05, 0) is 33.8 Å². The summed E-state index contributed by atoms with van der Waals surface area (Å²) >= 11 is 2.40. The number of aromatic hydroxyl groups is 2. The summed E-state index contributed by atoms with van der Waals surface area (Å²) in [4.78, 5) is 27.1. The molecule has 0 saturated heterocycles. The zero-order valence-electron chi connectivity index (χ0n) is 20.4. The van der Waals surface area contributed by atoms with Crippen LogP contribution >= 0.6 is 22.7 Å². The van der Waals surface area contributed by atoms with Crippen LogP contribution in [0.2, 0.25) is 0 Å². The summed E-state index contributed by atoms with van der Waals surface area (Å²) < 4.78 is 21.4. The van der Waals surface area contributed by atoms with Crippen molar-refractivity contribution in [2.75, 3.05) is 27.4 Å². The molecule has 2 aromatic heterocycles. The summed E-state index contributed by atoms with van der Waals surface area (Å²) in [6, 6.07) is 5.27. The van der Waals surface area contributed by atoms with E-state index in [1.807, 2.05) is 0 Å². The van der Waals surface area contributed by atoms with E-state index in [1.54, 1.807) is 45.9 Å². The first-order valence-electron chi connectivity index (χ1n) is 10.9. The molecule has 8 nitrogen and oxygen atoms in total. The van der Waals surface area contributed by atoms with Crippen LogP contribution in [-0.4, -0.2) is 49.6 Å². The first-order valence-corrected chi connectivity index (χ1v) is 12.5. The number of rotatable bonds is 9. The van der Waals surface area contributed by atoms with Crippen LogP contribution in [0.3, 0.4) is 0 Å². The SMILES string of the molecule is CCOC(=O)c1c(C)sc(C(c2cccc(OC)c2OC)c2sc(C)c(C(=O)OCC)c2O)c1O. The molecule has 2 heterocycles. The Bertz CT molecular complexity index is 1170. The van der Waals surface area contributed by atoms with E-state index < -0.39 is 17.9 Å². The average Bonchev–Trinajstić information content (AvgIpc) is 3.28. The van der Waals surface area contributed by atoms with Gasteiger partial charge in [-0.1, -0.05) is 12.1 Å². The summed E-state index contributed by atoms with van der Waals surface area (Å²) in [6.45, 7) is 7.11. The van der Waals surface area contributed by atoms with Crippen molar-refractivity contribution in [1.29, 1.82) is 0 Å². The van der Waals surface area contributed by atoms with Gasteiger partial charge in [-0.25, -0.2) is 9.59 Å². The number of esters is 2. The molecule has 3 aromatic rings. The lowest BCUT2D eigenvalue weighted by atomic mass is 9.92. The monoisotopic (exact) mass is 520 g/mol. The molecule has 188 valence electrons. The van der Waals surface area contributed by atoms with E-state index >= 15 is 0 Å². The van der Waals surface area contributed by atoms with Crippen molar-refractivity contribution in [2.45, 2.75) is 33.6 Å². The zero-order valence-corrected chi connectivity index (χ0v) is 22.0. The fraction of sp³-hybridized carbons (Fsp3) is 0.360. The summed E-state index contributed by atoms with van der Waals surface area (Å²) in [5.74, 6) is -1.70. The number of hydrogen-bond donors (Lipinski definition) is 2. The number of methoxy groups -OCH3 is 2. The van der Waals surface area contributed by atoms with Crippen LogP contribution < -0.4 is 9.47 Å². The van der Waals surface area contributed by atoms with E-state index in [4.69, 9.17) is 18.9 Å². The molecular weight excluding hydrogens is 492 g/mol. The average molecular weight is 521 g/mol. The molecule has 10 heteroatoms. The molecule has 0 bridgehead atoms. The highest BCUT2D eigenvalue weighted by Gasteiger charge is 2.36. The topological polar surface area (TPSA) is 112 Å². The van der Waals surface area contributed by atoms with E-state index in [-0.39, 0.29) is 35.8 Å². The van der Waals surface area contributed by atoms with E-state index in [0.717, 1.165) is 0 Å². The fourth-order valence-electron chi connectivity index (χ4n) is 3.93. The third-order valence-electron chi connectivity index (χ3n) is 5.40. The number of hydrogen-bond acceptors (Lipinski definition) is 10. The highest BCUT2D eigenvalue weighted by Crippen LogP contribution is 2.53. The molecule has 1 aromatic carbocycles. The molecule has 0 aliphatic heterocycles. The van der Waals surface area contributed by atoms with Crippen LogP contribution in [0, 0.1) is 13.8 Å². The molecule has 0 aliphatic rings. The Morgan fingerprint density at radius 3 is 1.74 bits per heavy atom. The van der Waals surface area contributed by atoms with Crippen LogP contribution in [0.1, 0.15) is 65.6 Å². The van der Waals surface area contributed by atoms with Crippen molar-refractivity contribution >= 4 is 34.6 Å². The second-order valence-corrected chi connectivity index (χ2v) is 9.96. The highest BCUT2D eigenvalue weighted by molar-refractivity contribution is 7.14. The fourth-order valence-corrected chi connectivity index (χ4v) is 6.35. The molecule has 0 atom stereocenters. The van der Waals surface area contributed by atoms with E-state index in [2.05, 4.69) is 0 Å². The molecule has 3 rings (SSSR count). The van der Waals surface area contributed by atoms with Gasteiger partial charge >= 0.3 is 11.9 Å². The van der Waals surface area contributed by atoms with Gasteiger partial charge in [-0.15, -0.1) is 22.7 Å². The minimum Gasteiger partial charge on any atom is -0.506 e. The van der Waals surface area contributed by atoms with E-state index in [0.29, 0.717) is 36.6 Å². The minimum absolute atomic E-state index is 0.0668. The van der Waals surface area contributed by atoms with Crippen LogP contribution in [0.5, 0.6) is 23.0 Å². The molecule has 0 aliphatic carbocycles. The Hall–Kier alpha value is -3.24. The standard InChI is InChI=1S/C25H28O8S2/c1-7-32-24(28)16-12(3)34-22(19(16)26)18(14-10-9-11-15(30-5)21(14)31-6)23-20(27)17(13(4)35-23)25(29)33-8-2/h9-11,18,26-27H,7-8H2,1-6H3. The predicted molar refractivity (Wildman–Crippen MR) is 134 cm³/mol. The number of benzene rings is 1. The van der Waals surface area contributed by atoms with Crippen molar-refractivity contribution in [2.24, 2.45) is 0 Å². The van der Waals surface area contributed by atoms with Gasteiger partial charge in [0.05, 0.1) is 43.1 Å². The van der Waals surface area contributed by atoms with Gasteiger partial charge in [0.1, 0.15) is 22.6 Å². The number of carbonyl (C=O) groups excluding carboxylic acids is 2. The van der Waals surface area contributed by atoms with Gasteiger partial charge in [0.2, 0.25) is 0 Å². The van der Waals surface area contributed by atoms with Gasteiger partial charge in [-0.3, -0.25) is 0 Å². The smallest absolute Gasteiger partial charge is 0.343 e. The Labute approximate surface area is 211 Å². The molecule has 0 fully saturated rings. The normalized spacial score (nSPS) is 10.9. The summed E-state index contributed by atoms with van der Waals surface area (Å²) in [5.41, 5.74) is 0.708. The number of thiophene rings is 2. The Morgan fingerprint density at radius 2 is 1.34 bits per heavy atom. The molecule has 2 N–H and O–H groups in total.